The van der Waals surface area contributed by atoms with Gasteiger partial charge in [-0.1, -0.05) is 127 Å². The summed E-state index contributed by atoms with van der Waals surface area (Å²) in [6, 6.07) is 13.5. The molecule has 0 spiro atoms. The van der Waals surface area contributed by atoms with Gasteiger partial charge in [0.15, 0.2) is 67.1 Å². The number of hydrogen-bond donors (Lipinski definition) is 4. The van der Waals surface area contributed by atoms with Crippen LogP contribution >= 0.6 is 46.4 Å². The van der Waals surface area contributed by atoms with Crippen molar-refractivity contribution >= 4 is 170 Å². The summed E-state index contributed by atoms with van der Waals surface area (Å²) in [4.78, 5) is 179. The van der Waals surface area contributed by atoms with Gasteiger partial charge >= 0.3 is 22.8 Å². The number of piperazine rings is 2. The Bertz CT molecular complexity index is 8420. The summed E-state index contributed by atoms with van der Waals surface area (Å²) in [5, 5.41) is 0.199. The lowest BCUT2D eigenvalue weighted by atomic mass is 9.99. The van der Waals surface area contributed by atoms with Gasteiger partial charge in [0.25, 0.3) is 11.1 Å². The maximum absolute atomic E-state index is 15.3. The zero-order valence-corrected chi connectivity index (χ0v) is 85.5. The van der Waals surface area contributed by atoms with Crippen molar-refractivity contribution in [3.63, 3.8) is 0 Å². The molecule has 752 valence electrons. The number of nitrogens with two attached hydrogens (primary N) is 2. The van der Waals surface area contributed by atoms with E-state index < -0.39 is 67.5 Å². The highest BCUT2D eigenvalue weighted by atomic mass is 35.5. The molecule has 0 radical (unpaired) electrons. The van der Waals surface area contributed by atoms with E-state index in [9.17, 15) is 47.1 Å². The Morgan fingerprint density at radius 2 is 0.699 bits per heavy atom. The van der Waals surface area contributed by atoms with Gasteiger partial charge in [0.1, 0.15) is 45.3 Å². The summed E-state index contributed by atoms with van der Waals surface area (Å²) in [5.74, 6) is -2.68. The van der Waals surface area contributed by atoms with Crippen LogP contribution in [0.25, 0.3) is 134 Å². The summed E-state index contributed by atoms with van der Waals surface area (Å²) in [6.07, 6.45) is 9.24. The number of rotatable bonds is 14. The topological polar surface area (TPSA) is 453 Å². The molecule has 18 heterocycles. The highest BCUT2D eigenvalue weighted by Gasteiger charge is 2.37. The number of fused-ring (bicyclic) bond motifs is 8. The minimum Gasteiger partial charge on any atom is -0.398 e. The van der Waals surface area contributed by atoms with Gasteiger partial charge in [-0.05, 0) is 126 Å². The lowest BCUT2D eigenvalue weighted by molar-refractivity contribution is -0.127. The van der Waals surface area contributed by atoms with Crippen LogP contribution < -0.4 is 55.1 Å². The van der Waals surface area contributed by atoms with Gasteiger partial charge in [-0.2, -0.15) is 9.97 Å². The quantitative estimate of drug-likeness (QED) is 0.0340. The zero-order valence-electron chi connectivity index (χ0n) is 82.4. The molecule has 0 unspecified atom stereocenters. The van der Waals surface area contributed by atoms with Crippen LogP contribution in [0.2, 0.25) is 20.4 Å². The minimum atomic E-state index is -0.844. The number of halogens is 8. The van der Waals surface area contributed by atoms with Crippen molar-refractivity contribution in [3.8, 4) is 45.3 Å². The number of nitrogen functional groups attached to an aromatic ring is 2. The van der Waals surface area contributed by atoms with E-state index in [1.54, 1.807) is 82.4 Å². The molecule has 146 heavy (non-hydrogen) atoms. The van der Waals surface area contributed by atoms with Crippen LogP contribution in [0.5, 0.6) is 0 Å². The minimum absolute atomic E-state index is 0.0288. The average Bonchev–Trinajstić information content (AvgIpc) is 1.38. The van der Waals surface area contributed by atoms with E-state index in [4.69, 9.17) is 77.8 Å². The molecule has 46 heteroatoms. The number of carbonyl (C=O) groups is 2. The van der Waals surface area contributed by atoms with Gasteiger partial charge in [-0.3, -0.25) is 29.1 Å². The van der Waals surface area contributed by atoms with Crippen molar-refractivity contribution in [2.45, 2.75) is 133 Å². The number of imidazole rings is 4. The number of pyridine rings is 8. The zero-order chi connectivity index (χ0) is 105. The highest BCUT2D eigenvalue weighted by molar-refractivity contribution is 6.35. The molecular formula is C100H98Cl4F4N30O8. The van der Waals surface area contributed by atoms with E-state index in [1.807, 2.05) is 130 Å². The van der Waals surface area contributed by atoms with Crippen molar-refractivity contribution in [1.82, 2.24) is 126 Å². The van der Waals surface area contributed by atoms with Crippen molar-refractivity contribution in [1.29, 1.82) is 0 Å². The van der Waals surface area contributed by atoms with E-state index >= 15 is 8.78 Å². The van der Waals surface area contributed by atoms with Crippen molar-refractivity contribution in [2.24, 2.45) is 28.2 Å². The number of nitrogens with zero attached hydrogens (tertiary/aromatic N) is 26. The van der Waals surface area contributed by atoms with Crippen LogP contribution in [0.3, 0.4) is 0 Å². The molecule has 2 amide bonds. The second kappa shape index (κ2) is 39.4. The lowest BCUT2D eigenvalue weighted by Crippen LogP contribution is -2.54. The first-order valence-corrected chi connectivity index (χ1v) is 47.8. The van der Waals surface area contributed by atoms with E-state index in [0.717, 1.165) is 34.4 Å². The Hall–Kier alpha value is -15.8. The maximum atomic E-state index is 15.3. The molecule has 2 atom stereocenters. The summed E-state index contributed by atoms with van der Waals surface area (Å²) in [5.41, 5.74) is 21.8. The van der Waals surface area contributed by atoms with Crippen LogP contribution in [-0.4, -0.2) is 189 Å². The molecule has 0 bridgehead atoms. The van der Waals surface area contributed by atoms with Gasteiger partial charge in [-0.15, -0.1) is 0 Å². The third kappa shape index (κ3) is 17.7. The second-order valence-electron chi connectivity index (χ2n) is 37.0. The van der Waals surface area contributed by atoms with Gasteiger partial charge < -0.3 is 49.3 Å². The molecule has 16 aromatic heterocycles. The van der Waals surface area contributed by atoms with Crippen molar-refractivity contribution < 1.29 is 27.2 Å². The fourth-order valence-corrected chi connectivity index (χ4v) is 20.0. The molecular weight excluding hydrogens is 1970 g/mol. The monoisotopic (exact) mass is 2060 g/mol. The molecule has 2 aromatic carbocycles. The van der Waals surface area contributed by atoms with Crippen molar-refractivity contribution in [3.05, 3.63) is 263 Å². The smallest absolute Gasteiger partial charge is 0.355 e. The number of anilines is 4. The third-order valence-electron chi connectivity index (χ3n) is 25.9. The van der Waals surface area contributed by atoms with E-state index in [0.29, 0.717) is 152 Å². The Morgan fingerprint density at radius 3 is 0.979 bits per heavy atom. The Morgan fingerprint density at radius 1 is 0.404 bits per heavy atom. The predicted molar refractivity (Wildman–Crippen MR) is 557 cm³/mol. The van der Waals surface area contributed by atoms with Crippen LogP contribution in [-0.2, 0) is 37.8 Å². The molecule has 2 aliphatic heterocycles. The molecule has 6 N–H and O–H groups in total. The van der Waals surface area contributed by atoms with Crippen LogP contribution in [0.4, 0.5) is 40.6 Å². The van der Waals surface area contributed by atoms with E-state index in [-0.39, 0.29) is 125 Å². The molecule has 0 aliphatic carbocycles. The van der Waals surface area contributed by atoms with E-state index in [1.165, 1.54) is 54.7 Å². The number of aromatic amines is 2. The normalized spacial score (nSPS) is 14.0. The molecule has 2 aliphatic rings. The number of H-pyrrole nitrogens is 2. The fourth-order valence-electron chi connectivity index (χ4n) is 19.2. The summed E-state index contributed by atoms with van der Waals surface area (Å²) in [6.45, 7) is 36.6. The lowest BCUT2D eigenvalue weighted by Gasteiger charge is -2.40. The van der Waals surface area contributed by atoms with Gasteiger partial charge in [0, 0.05) is 113 Å². The number of amides is 2. The number of aryl methyl sites for hydroxylation is 8. The Labute approximate surface area is 847 Å². The van der Waals surface area contributed by atoms with Gasteiger partial charge in [0.2, 0.25) is 11.8 Å². The maximum Gasteiger partial charge on any atom is 0.355 e. The molecule has 38 nitrogen and oxygen atoms in total. The highest BCUT2D eigenvalue weighted by Crippen LogP contribution is 2.44. The SMILES string of the molecule is C=CC(=O)N1CCN(c2nc(=O)n(-c3c(C)nc4c(ncn4C)c3C(C)C)c3nc(-c4c(N)cccc4F)c(Cl)cc23)[C@@H](C)C1.C=CC(=O)N1CCN(c2nc(=O)n(-c3c(C)nc4c(ncn4C)c3C(C)C)c3nc(-c4c(N)cccc4F)c(Cl)cc23)[C@@H](C)C1.Cc1nc2c(ncn2C)c(C(C)C)c1-n1c(=O)[nH]c(=O)c2cc(F)c(Cl)nc21.Cc1nc2c(ncn2C)c(C(C)C)c1-n1c(=O)[nH]c(=O)c2cc(F)c(Cl)nc21. The van der Waals surface area contributed by atoms with Crippen molar-refractivity contribution in [2.75, 3.05) is 60.5 Å². The number of aromatic nitrogens is 24. The molecule has 2 saturated heterocycles. The van der Waals surface area contributed by atoms with Gasteiger partial charge in [0.05, 0.1) is 125 Å². The van der Waals surface area contributed by atoms with Gasteiger partial charge in [-0.25, -0.2) is 115 Å². The molecule has 2 fully saturated rings. The van der Waals surface area contributed by atoms with Crippen LogP contribution in [0.15, 0.2) is 140 Å². The standard InChI is InChI=1S/2C32H33ClFN9O2.2C18H16ClFN6O2/c2*1-7-23(44)41-11-12-42(17(4)14-41)29-19-13-20(33)26(25-21(34)9-8-10-22(25)35)38-30(19)43(32(45)39-29)28-18(5)37-31-27(24(28)16(2)3)36-15-40(31)6;2*1-7(2)11-12-16(25(4)6-21-12)22-8(3)13(11)26-15-9(17(27)24-18(26)28)5-10(20)14(19)23-15/h2*7-10,13,15-17H,1,11-12,14,35H2,2-6H3;2*5-7H,1-4H3,(H,24,27,28)/t2*17-;;/m00../s1. The largest absolute Gasteiger partial charge is 0.398 e. The predicted octanol–water partition coefficient (Wildman–Crippen LogP) is 14.7. The first-order valence-electron chi connectivity index (χ1n) is 46.3. The molecule has 20 rings (SSSR count). The number of hydrogen-bond acceptors (Lipinski definition) is 26. The summed E-state index contributed by atoms with van der Waals surface area (Å²) < 4.78 is 70.8. The fraction of sp³-hybridized carbons (Fsp3) is 0.300. The second-order valence-corrected chi connectivity index (χ2v) is 38.5. The summed E-state index contributed by atoms with van der Waals surface area (Å²) >= 11 is 25.4. The average molecular weight is 2070 g/mol. The third-order valence-corrected chi connectivity index (χ3v) is 27.0. The van der Waals surface area contributed by atoms with Crippen LogP contribution in [0, 0.1) is 51.0 Å². The number of nitrogens with one attached hydrogen (secondary N) is 2. The Balaban J connectivity index is 0.000000136. The molecule has 18 aromatic rings. The number of carbonyl (C=O) groups excluding carboxylic acids is 2. The van der Waals surface area contributed by atoms with E-state index in [2.05, 4.69) is 73.0 Å². The molecule has 0 saturated carbocycles. The Kier molecular flexibility index (Phi) is 27.4. The van der Waals surface area contributed by atoms with Crippen LogP contribution in [0.1, 0.15) is 138 Å². The first-order chi connectivity index (χ1) is 69.2. The summed E-state index contributed by atoms with van der Waals surface area (Å²) in [7, 11) is 7.39. The number of benzene rings is 2. The first kappa shape index (κ1) is 102.